The van der Waals surface area contributed by atoms with E-state index in [1.165, 1.54) is 0 Å². The van der Waals surface area contributed by atoms with Gasteiger partial charge < -0.3 is 15.3 Å². The number of urea groups is 1. The number of likely N-dealkylation sites (tertiary alicyclic amines) is 1. The smallest absolute Gasteiger partial charge is 0.317 e. The van der Waals surface area contributed by atoms with E-state index in [4.69, 9.17) is 5.11 Å². The zero-order chi connectivity index (χ0) is 12.9. The molecule has 1 unspecified atom stereocenters. The summed E-state index contributed by atoms with van der Waals surface area (Å²) in [7, 11) is 0. The Morgan fingerprint density at radius 3 is 2.76 bits per heavy atom. The fourth-order valence-electron chi connectivity index (χ4n) is 1.83. The van der Waals surface area contributed by atoms with E-state index in [-0.39, 0.29) is 6.03 Å². The van der Waals surface area contributed by atoms with Crippen molar-refractivity contribution in [3.8, 4) is 0 Å². The van der Waals surface area contributed by atoms with Crippen molar-refractivity contribution in [3.05, 3.63) is 0 Å². The zero-order valence-electron chi connectivity index (χ0n) is 10.4. The van der Waals surface area contributed by atoms with Gasteiger partial charge in [0, 0.05) is 19.6 Å². The first-order chi connectivity index (χ1) is 7.99. The second-order valence-corrected chi connectivity index (χ2v) is 5.60. The predicted molar refractivity (Wildman–Crippen MR) is 68.3 cm³/mol. The van der Waals surface area contributed by atoms with Gasteiger partial charge in [0.15, 0.2) is 0 Å². The van der Waals surface area contributed by atoms with Gasteiger partial charge in [-0.25, -0.2) is 4.79 Å². The van der Waals surface area contributed by atoms with E-state index in [0.29, 0.717) is 26.1 Å². The van der Waals surface area contributed by atoms with E-state index in [2.05, 4.69) is 5.32 Å². The van der Waals surface area contributed by atoms with E-state index in [1.54, 1.807) is 23.6 Å². The Morgan fingerprint density at radius 2 is 2.24 bits per heavy atom. The van der Waals surface area contributed by atoms with Crippen molar-refractivity contribution < 1.29 is 14.7 Å². The summed E-state index contributed by atoms with van der Waals surface area (Å²) in [4.78, 5) is 24.4. The van der Waals surface area contributed by atoms with Gasteiger partial charge in [-0.05, 0) is 31.8 Å². The molecule has 5 nitrogen and oxygen atoms in total. The number of carbonyl (C=O) groups is 2. The molecule has 0 aliphatic carbocycles. The molecule has 2 N–H and O–H groups in total. The summed E-state index contributed by atoms with van der Waals surface area (Å²) >= 11 is 1.75. The Kier molecular flexibility index (Phi) is 5.11. The highest BCUT2D eigenvalue weighted by Crippen LogP contribution is 2.29. The first-order valence-electron chi connectivity index (χ1n) is 5.75. The molecule has 1 aliphatic heterocycles. The highest BCUT2D eigenvalue weighted by molar-refractivity contribution is 7.98. The van der Waals surface area contributed by atoms with Crippen molar-refractivity contribution in [1.82, 2.24) is 10.2 Å². The Labute approximate surface area is 106 Å². The van der Waals surface area contributed by atoms with Gasteiger partial charge in [-0.3, -0.25) is 4.79 Å². The van der Waals surface area contributed by atoms with Gasteiger partial charge in [0.25, 0.3) is 0 Å². The number of nitrogens with zero attached hydrogens (tertiary/aromatic N) is 1. The van der Waals surface area contributed by atoms with Crippen LogP contribution in [0.25, 0.3) is 0 Å². The van der Waals surface area contributed by atoms with Crippen LogP contribution < -0.4 is 5.32 Å². The molecule has 6 heteroatoms. The van der Waals surface area contributed by atoms with Crippen molar-refractivity contribution in [2.75, 3.05) is 31.6 Å². The Hall–Kier alpha value is -0.910. The minimum Gasteiger partial charge on any atom is -0.481 e. The largest absolute Gasteiger partial charge is 0.481 e. The van der Waals surface area contributed by atoms with Crippen LogP contribution in [0.5, 0.6) is 0 Å². The van der Waals surface area contributed by atoms with Gasteiger partial charge in [-0.1, -0.05) is 0 Å². The van der Waals surface area contributed by atoms with Crippen molar-refractivity contribution in [2.45, 2.75) is 19.8 Å². The highest BCUT2D eigenvalue weighted by Gasteiger charge is 2.41. The standard InChI is InChI=1S/C11H20N2O3S/c1-11(9(14)15)4-6-13(8-11)10(16)12-5-3-7-17-2/h3-8H2,1-2H3,(H,12,16)(H,14,15). The average Bonchev–Trinajstić information content (AvgIpc) is 2.69. The Balaban J connectivity index is 2.33. The van der Waals surface area contributed by atoms with Crippen LogP contribution in [0.2, 0.25) is 0 Å². The van der Waals surface area contributed by atoms with Crippen LogP contribution in [-0.2, 0) is 4.79 Å². The predicted octanol–water partition coefficient (Wildman–Crippen LogP) is 1.25. The van der Waals surface area contributed by atoms with E-state index in [0.717, 1.165) is 12.2 Å². The molecule has 2 amide bonds. The lowest BCUT2D eigenvalue weighted by atomic mass is 9.90. The summed E-state index contributed by atoms with van der Waals surface area (Å²) in [6.45, 7) is 3.17. The van der Waals surface area contributed by atoms with E-state index in [9.17, 15) is 9.59 Å². The number of aliphatic carboxylic acids is 1. The molecule has 0 saturated carbocycles. The second-order valence-electron chi connectivity index (χ2n) is 4.62. The number of carboxylic acids is 1. The highest BCUT2D eigenvalue weighted by atomic mass is 32.2. The maximum absolute atomic E-state index is 11.7. The first kappa shape index (κ1) is 14.2. The summed E-state index contributed by atoms with van der Waals surface area (Å²) < 4.78 is 0. The number of hydrogen-bond donors (Lipinski definition) is 2. The average molecular weight is 260 g/mol. The lowest BCUT2D eigenvalue weighted by Crippen LogP contribution is -2.41. The van der Waals surface area contributed by atoms with Gasteiger partial charge in [-0.2, -0.15) is 11.8 Å². The molecule has 0 aromatic rings. The molecule has 0 bridgehead atoms. The van der Waals surface area contributed by atoms with Crippen molar-refractivity contribution in [1.29, 1.82) is 0 Å². The summed E-state index contributed by atoms with van der Waals surface area (Å²) in [5.74, 6) is 0.197. The molecule has 1 rings (SSSR count). The molecule has 1 saturated heterocycles. The first-order valence-corrected chi connectivity index (χ1v) is 7.14. The fourth-order valence-corrected chi connectivity index (χ4v) is 2.27. The van der Waals surface area contributed by atoms with Crippen LogP contribution in [0.1, 0.15) is 19.8 Å². The molecule has 1 fully saturated rings. The SMILES string of the molecule is CSCCCNC(=O)N1CCC(C)(C(=O)O)C1. The van der Waals surface area contributed by atoms with E-state index < -0.39 is 11.4 Å². The molecule has 0 aromatic carbocycles. The minimum atomic E-state index is -0.824. The molecule has 17 heavy (non-hydrogen) atoms. The Morgan fingerprint density at radius 1 is 1.53 bits per heavy atom. The lowest BCUT2D eigenvalue weighted by molar-refractivity contribution is -0.146. The maximum Gasteiger partial charge on any atom is 0.317 e. The number of carboxylic acid groups (broad SMARTS) is 1. The molecule has 1 aliphatic rings. The molecule has 0 radical (unpaired) electrons. The molecule has 0 spiro atoms. The molecule has 1 atom stereocenters. The third-order valence-corrected chi connectivity index (χ3v) is 3.78. The molecule has 1 heterocycles. The van der Waals surface area contributed by atoms with Crippen LogP contribution in [0.15, 0.2) is 0 Å². The van der Waals surface area contributed by atoms with Crippen LogP contribution in [-0.4, -0.2) is 53.6 Å². The van der Waals surface area contributed by atoms with Gasteiger partial charge in [0.1, 0.15) is 0 Å². The number of amides is 2. The van der Waals surface area contributed by atoms with Gasteiger partial charge >= 0.3 is 12.0 Å². The molecule has 0 aromatic heterocycles. The summed E-state index contributed by atoms with van der Waals surface area (Å²) in [6.07, 6.45) is 3.50. The summed E-state index contributed by atoms with van der Waals surface area (Å²) in [6, 6.07) is -0.143. The molecular weight excluding hydrogens is 240 g/mol. The molecular formula is C11H20N2O3S. The fraction of sp³-hybridized carbons (Fsp3) is 0.818. The number of carbonyl (C=O) groups excluding carboxylic acids is 1. The van der Waals surface area contributed by atoms with Crippen LogP contribution in [0.3, 0.4) is 0 Å². The summed E-state index contributed by atoms with van der Waals surface area (Å²) in [5.41, 5.74) is -0.781. The zero-order valence-corrected chi connectivity index (χ0v) is 11.2. The topological polar surface area (TPSA) is 69.6 Å². The number of hydrogen-bond acceptors (Lipinski definition) is 3. The quantitative estimate of drug-likeness (QED) is 0.730. The number of nitrogens with one attached hydrogen (secondary N) is 1. The normalized spacial score (nSPS) is 23.8. The van der Waals surface area contributed by atoms with Gasteiger partial charge in [0.05, 0.1) is 5.41 Å². The Bertz CT molecular complexity index is 298. The van der Waals surface area contributed by atoms with Gasteiger partial charge in [0.2, 0.25) is 0 Å². The minimum absolute atomic E-state index is 0.143. The van der Waals surface area contributed by atoms with Crippen LogP contribution >= 0.6 is 11.8 Å². The van der Waals surface area contributed by atoms with Crippen molar-refractivity contribution >= 4 is 23.8 Å². The van der Waals surface area contributed by atoms with Crippen molar-refractivity contribution in [2.24, 2.45) is 5.41 Å². The summed E-state index contributed by atoms with van der Waals surface area (Å²) in [5, 5.41) is 11.9. The molecule has 98 valence electrons. The van der Waals surface area contributed by atoms with Gasteiger partial charge in [-0.15, -0.1) is 0 Å². The number of rotatable bonds is 5. The van der Waals surface area contributed by atoms with Crippen molar-refractivity contribution in [3.63, 3.8) is 0 Å². The third kappa shape index (κ3) is 3.80. The third-order valence-electron chi connectivity index (χ3n) is 3.08. The number of thioether (sulfide) groups is 1. The van der Waals surface area contributed by atoms with E-state index in [1.807, 2.05) is 6.26 Å². The second kappa shape index (κ2) is 6.14. The van der Waals surface area contributed by atoms with Crippen LogP contribution in [0, 0.1) is 5.41 Å². The van der Waals surface area contributed by atoms with E-state index >= 15 is 0 Å². The monoisotopic (exact) mass is 260 g/mol. The maximum atomic E-state index is 11.7. The van der Waals surface area contributed by atoms with Crippen LogP contribution in [0.4, 0.5) is 4.79 Å². The lowest BCUT2D eigenvalue weighted by Gasteiger charge is -2.20.